The van der Waals surface area contributed by atoms with Crippen LogP contribution in [0.2, 0.25) is 0 Å². The molecule has 0 bridgehead atoms. The number of benzene rings is 1. The summed E-state index contributed by atoms with van der Waals surface area (Å²) in [4.78, 5) is 15.5. The molecule has 0 aliphatic rings. The fourth-order valence-electron chi connectivity index (χ4n) is 1.62. The maximum Gasteiger partial charge on any atom is 0.328 e. The molecular formula is C15H15NO4S. The Morgan fingerprint density at radius 2 is 2.24 bits per heavy atom. The van der Waals surface area contributed by atoms with Crippen LogP contribution in [0, 0.1) is 0 Å². The number of aromatic nitrogens is 1. The first-order valence-corrected chi connectivity index (χ1v) is 7.11. The lowest BCUT2D eigenvalue weighted by molar-refractivity contribution is -0.131. The zero-order chi connectivity index (χ0) is 15.1. The lowest BCUT2D eigenvalue weighted by Crippen LogP contribution is -2.00. The van der Waals surface area contributed by atoms with Gasteiger partial charge in [0.15, 0.2) is 0 Å². The van der Waals surface area contributed by atoms with E-state index in [0.29, 0.717) is 13.0 Å². The second kappa shape index (κ2) is 7.44. The molecule has 110 valence electrons. The number of carboxylic acids is 1. The van der Waals surface area contributed by atoms with Gasteiger partial charge in [0.05, 0.1) is 18.7 Å². The molecule has 2 aromatic rings. The zero-order valence-corrected chi connectivity index (χ0v) is 12.3. The van der Waals surface area contributed by atoms with E-state index < -0.39 is 5.97 Å². The van der Waals surface area contributed by atoms with Crippen molar-refractivity contribution in [3.63, 3.8) is 0 Å². The van der Waals surface area contributed by atoms with Crippen molar-refractivity contribution in [2.45, 2.75) is 6.42 Å². The number of ether oxygens (including phenoxy) is 2. The summed E-state index contributed by atoms with van der Waals surface area (Å²) in [6, 6.07) is 7.41. The topological polar surface area (TPSA) is 68.7 Å². The van der Waals surface area contributed by atoms with Crippen molar-refractivity contribution in [3.05, 3.63) is 46.4 Å². The third-order valence-electron chi connectivity index (χ3n) is 2.59. The molecule has 6 heteroatoms. The molecule has 0 aliphatic carbocycles. The summed E-state index contributed by atoms with van der Waals surface area (Å²) in [7, 11) is 1.61. The Kier molecular flexibility index (Phi) is 5.34. The second-order valence-electron chi connectivity index (χ2n) is 4.11. The van der Waals surface area contributed by atoms with Crippen LogP contribution in [0.25, 0.3) is 6.08 Å². The Labute approximate surface area is 126 Å². The number of hydrogen-bond acceptors (Lipinski definition) is 5. The minimum absolute atomic E-state index is 0.503. The van der Waals surface area contributed by atoms with E-state index in [1.807, 2.05) is 24.3 Å². The third-order valence-corrected chi connectivity index (χ3v) is 3.61. The van der Waals surface area contributed by atoms with Gasteiger partial charge in [0.2, 0.25) is 0 Å². The Hall–Kier alpha value is -2.34. The highest BCUT2D eigenvalue weighted by Gasteiger charge is 2.02. The van der Waals surface area contributed by atoms with Crippen molar-refractivity contribution in [3.8, 4) is 11.5 Å². The van der Waals surface area contributed by atoms with Crippen LogP contribution in [-0.4, -0.2) is 29.8 Å². The Morgan fingerprint density at radius 1 is 1.43 bits per heavy atom. The van der Waals surface area contributed by atoms with Gasteiger partial charge in [-0.05, 0) is 18.2 Å². The van der Waals surface area contributed by atoms with Gasteiger partial charge in [-0.3, -0.25) is 0 Å². The predicted molar refractivity (Wildman–Crippen MR) is 81.0 cm³/mol. The standard InChI is InChI=1S/C15H15NO4S/c1-19-11-3-2-4-12(9-11)20-8-7-14-16-10-13(21-14)5-6-15(17)18/h2-6,9-10H,7-8H2,1H3,(H,17,18)/b6-5+. The van der Waals surface area contributed by atoms with Crippen LogP contribution in [0.4, 0.5) is 0 Å². The highest BCUT2D eigenvalue weighted by atomic mass is 32.1. The molecule has 1 heterocycles. The quantitative estimate of drug-likeness (QED) is 0.797. The van der Waals surface area contributed by atoms with E-state index in [-0.39, 0.29) is 0 Å². The van der Waals surface area contributed by atoms with Crippen molar-refractivity contribution in [1.29, 1.82) is 0 Å². The first-order chi connectivity index (χ1) is 10.2. The minimum atomic E-state index is -0.966. The molecule has 0 saturated heterocycles. The normalized spacial score (nSPS) is 10.7. The summed E-state index contributed by atoms with van der Waals surface area (Å²) in [5, 5.41) is 9.46. The molecule has 0 atom stereocenters. The van der Waals surface area contributed by atoms with Gasteiger partial charge < -0.3 is 14.6 Å². The van der Waals surface area contributed by atoms with Gasteiger partial charge in [0.25, 0.3) is 0 Å². The minimum Gasteiger partial charge on any atom is -0.497 e. The van der Waals surface area contributed by atoms with E-state index in [1.54, 1.807) is 13.3 Å². The molecule has 0 aliphatic heterocycles. The van der Waals surface area contributed by atoms with Crippen LogP contribution < -0.4 is 9.47 Å². The number of hydrogen-bond donors (Lipinski definition) is 1. The molecule has 0 fully saturated rings. The van der Waals surface area contributed by atoms with E-state index in [0.717, 1.165) is 27.5 Å². The fraction of sp³-hybridized carbons (Fsp3) is 0.200. The molecule has 1 aromatic carbocycles. The smallest absolute Gasteiger partial charge is 0.328 e. The van der Waals surface area contributed by atoms with E-state index in [9.17, 15) is 4.79 Å². The number of carboxylic acid groups (broad SMARTS) is 1. The van der Waals surface area contributed by atoms with Crippen LogP contribution >= 0.6 is 11.3 Å². The third kappa shape index (κ3) is 4.92. The highest BCUT2D eigenvalue weighted by molar-refractivity contribution is 7.12. The van der Waals surface area contributed by atoms with Crippen LogP contribution in [0.1, 0.15) is 9.88 Å². The largest absolute Gasteiger partial charge is 0.497 e. The number of rotatable bonds is 7. The summed E-state index contributed by atoms with van der Waals surface area (Å²) in [6.45, 7) is 0.503. The lowest BCUT2D eigenvalue weighted by atomic mass is 10.3. The number of thiazole rings is 1. The maximum atomic E-state index is 10.4. The molecule has 0 unspecified atom stereocenters. The fourth-order valence-corrected chi connectivity index (χ4v) is 2.42. The van der Waals surface area contributed by atoms with Gasteiger partial charge in [-0.25, -0.2) is 9.78 Å². The molecule has 2 rings (SSSR count). The van der Waals surface area contributed by atoms with Crippen molar-refractivity contribution in [1.82, 2.24) is 4.98 Å². The molecule has 0 spiro atoms. The van der Waals surface area contributed by atoms with Gasteiger partial charge in [-0.15, -0.1) is 11.3 Å². The lowest BCUT2D eigenvalue weighted by Gasteiger charge is -2.06. The molecule has 5 nitrogen and oxygen atoms in total. The van der Waals surface area contributed by atoms with Crippen molar-refractivity contribution in [2.75, 3.05) is 13.7 Å². The van der Waals surface area contributed by atoms with Crippen LogP contribution in [-0.2, 0) is 11.2 Å². The Bertz CT molecular complexity index is 636. The molecule has 21 heavy (non-hydrogen) atoms. The molecule has 1 aromatic heterocycles. The SMILES string of the molecule is COc1cccc(OCCc2ncc(/C=C/C(=O)O)s2)c1. The van der Waals surface area contributed by atoms with E-state index in [2.05, 4.69) is 4.98 Å². The second-order valence-corrected chi connectivity index (χ2v) is 5.25. The zero-order valence-electron chi connectivity index (χ0n) is 11.5. The van der Waals surface area contributed by atoms with Gasteiger partial charge in [0.1, 0.15) is 11.5 Å². The summed E-state index contributed by atoms with van der Waals surface area (Å²) in [6.07, 6.45) is 4.96. The number of aliphatic carboxylic acids is 1. The van der Waals surface area contributed by atoms with Crippen molar-refractivity contribution in [2.24, 2.45) is 0 Å². The molecular weight excluding hydrogens is 290 g/mol. The van der Waals surface area contributed by atoms with Gasteiger partial charge in [-0.2, -0.15) is 0 Å². The van der Waals surface area contributed by atoms with E-state index >= 15 is 0 Å². The van der Waals surface area contributed by atoms with Gasteiger partial charge in [-0.1, -0.05) is 6.07 Å². The molecule has 0 radical (unpaired) electrons. The summed E-state index contributed by atoms with van der Waals surface area (Å²) in [5.41, 5.74) is 0. The monoisotopic (exact) mass is 305 g/mol. The van der Waals surface area contributed by atoms with E-state index in [4.69, 9.17) is 14.6 Å². The van der Waals surface area contributed by atoms with Crippen molar-refractivity contribution >= 4 is 23.4 Å². The Morgan fingerprint density at radius 3 is 3.00 bits per heavy atom. The summed E-state index contributed by atoms with van der Waals surface area (Å²) < 4.78 is 10.8. The van der Waals surface area contributed by atoms with Crippen molar-refractivity contribution < 1.29 is 19.4 Å². The van der Waals surface area contributed by atoms with Crippen LogP contribution in [0.5, 0.6) is 11.5 Å². The average Bonchev–Trinajstić information content (AvgIpc) is 2.93. The van der Waals surface area contributed by atoms with Gasteiger partial charge >= 0.3 is 5.97 Å². The number of nitrogens with zero attached hydrogens (tertiary/aromatic N) is 1. The first kappa shape index (κ1) is 15.1. The highest BCUT2D eigenvalue weighted by Crippen LogP contribution is 2.20. The Balaban J connectivity index is 1.84. The molecule has 0 amide bonds. The van der Waals surface area contributed by atoms with Crippen LogP contribution in [0.3, 0.4) is 0 Å². The molecule has 1 N–H and O–H groups in total. The van der Waals surface area contributed by atoms with Gasteiger partial charge in [0, 0.05) is 29.6 Å². The average molecular weight is 305 g/mol. The first-order valence-electron chi connectivity index (χ1n) is 6.30. The summed E-state index contributed by atoms with van der Waals surface area (Å²) in [5.74, 6) is 0.533. The summed E-state index contributed by atoms with van der Waals surface area (Å²) >= 11 is 1.45. The molecule has 0 saturated carbocycles. The van der Waals surface area contributed by atoms with Crippen LogP contribution in [0.15, 0.2) is 36.5 Å². The van der Waals surface area contributed by atoms with E-state index in [1.165, 1.54) is 17.4 Å². The number of carbonyl (C=O) groups is 1. The maximum absolute atomic E-state index is 10.4. The number of methoxy groups -OCH3 is 1. The predicted octanol–water partition coefficient (Wildman–Crippen LogP) is 2.87.